The van der Waals surface area contributed by atoms with Gasteiger partial charge in [-0.1, -0.05) is 12.1 Å². The van der Waals surface area contributed by atoms with Gasteiger partial charge >= 0.3 is 0 Å². The van der Waals surface area contributed by atoms with Crippen LogP contribution in [0.4, 0.5) is 0 Å². The maximum absolute atomic E-state index is 12.3. The third-order valence-corrected chi connectivity index (χ3v) is 4.83. The van der Waals surface area contributed by atoms with Crippen molar-refractivity contribution in [1.29, 1.82) is 0 Å². The van der Waals surface area contributed by atoms with Crippen molar-refractivity contribution in [3.05, 3.63) is 29.8 Å². The molecule has 0 aliphatic heterocycles. The zero-order valence-electron chi connectivity index (χ0n) is 15.9. The third-order valence-electron chi connectivity index (χ3n) is 3.37. The smallest absolute Gasteiger partial charge is 0.240 e. The fourth-order valence-corrected chi connectivity index (χ4v) is 3.27. The van der Waals surface area contributed by atoms with Gasteiger partial charge in [-0.25, -0.2) is 18.1 Å². The lowest BCUT2D eigenvalue weighted by atomic mass is 10.2. The molecular formula is C17H30N4O4S. The van der Waals surface area contributed by atoms with E-state index in [0.717, 1.165) is 12.1 Å². The molecule has 8 nitrogen and oxygen atoms in total. The van der Waals surface area contributed by atoms with Crippen LogP contribution in [0, 0.1) is 0 Å². The number of benzene rings is 1. The van der Waals surface area contributed by atoms with Crippen molar-refractivity contribution >= 4 is 16.0 Å². The lowest BCUT2D eigenvalue weighted by Crippen LogP contribution is -2.43. The SMILES string of the molecule is CCNC(=NCc1cccc(S(=O)(=O)NCCOC)c1)NC(C)COC. The van der Waals surface area contributed by atoms with E-state index in [0.29, 0.717) is 25.7 Å². The number of ether oxygens (including phenoxy) is 2. The summed E-state index contributed by atoms with van der Waals surface area (Å²) in [6, 6.07) is 6.85. The number of hydrogen-bond acceptors (Lipinski definition) is 5. The minimum atomic E-state index is -3.56. The highest BCUT2D eigenvalue weighted by Gasteiger charge is 2.13. The summed E-state index contributed by atoms with van der Waals surface area (Å²) in [5.74, 6) is 0.656. The summed E-state index contributed by atoms with van der Waals surface area (Å²) in [6.07, 6.45) is 0. The van der Waals surface area contributed by atoms with E-state index in [-0.39, 0.29) is 17.5 Å². The van der Waals surface area contributed by atoms with E-state index in [9.17, 15) is 8.42 Å². The second-order valence-electron chi connectivity index (χ2n) is 5.73. The second-order valence-corrected chi connectivity index (χ2v) is 7.50. The molecule has 0 saturated heterocycles. The normalized spacial score (nSPS) is 13.5. The first kappa shape index (κ1) is 22.4. The maximum Gasteiger partial charge on any atom is 0.240 e. The van der Waals surface area contributed by atoms with Gasteiger partial charge in [0.05, 0.1) is 24.7 Å². The molecule has 0 aliphatic rings. The van der Waals surface area contributed by atoms with Crippen LogP contribution < -0.4 is 15.4 Å². The topological polar surface area (TPSA) is 101 Å². The summed E-state index contributed by atoms with van der Waals surface area (Å²) in [5, 5.41) is 6.40. The molecule has 0 saturated carbocycles. The van der Waals surface area contributed by atoms with E-state index in [1.807, 2.05) is 19.9 Å². The number of hydrogen-bond donors (Lipinski definition) is 3. The third kappa shape index (κ3) is 8.13. The zero-order valence-corrected chi connectivity index (χ0v) is 16.7. The molecule has 0 spiro atoms. The summed E-state index contributed by atoms with van der Waals surface area (Å²) in [6.45, 7) is 6.17. The van der Waals surface area contributed by atoms with Gasteiger partial charge in [0.15, 0.2) is 5.96 Å². The number of rotatable bonds is 11. The van der Waals surface area contributed by atoms with Crippen LogP contribution in [-0.2, 0) is 26.0 Å². The van der Waals surface area contributed by atoms with Crippen molar-refractivity contribution in [2.75, 3.05) is 40.5 Å². The molecule has 0 amide bonds. The number of aliphatic imine (C=N–C) groups is 1. The van der Waals surface area contributed by atoms with Crippen molar-refractivity contribution in [1.82, 2.24) is 15.4 Å². The Kier molecular flexibility index (Phi) is 10.2. The van der Waals surface area contributed by atoms with Crippen molar-refractivity contribution in [3.8, 4) is 0 Å². The van der Waals surface area contributed by atoms with Gasteiger partial charge in [-0.2, -0.15) is 0 Å². The van der Waals surface area contributed by atoms with Crippen LogP contribution in [0.15, 0.2) is 34.2 Å². The molecule has 26 heavy (non-hydrogen) atoms. The molecule has 0 bridgehead atoms. The molecule has 0 aromatic heterocycles. The summed E-state index contributed by atoms with van der Waals surface area (Å²) in [5.41, 5.74) is 0.802. The number of guanidine groups is 1. The maximum atomic E-state index is 12.3. The molecule has 0 heterocycles. The van der Waals surface area contributed by atoms with Crippen molar-refractivity contribution in [3.63, 3.8) is 0 Å². The van der Waals surface area contributed by atoms with Crippen LogP contribution in [0.5, 0.6) is 0 Å². The van der Waals surface area contributed by atoms with Gasteiger partial charge in [-0.05, 0) is 31.5 Å². The van der Waals surface area contributed by atoms with Crippen LogP contribution in [-0.4, -0.2) is 60.9 Å². The molecule has 0 radical (unpaired) electrons. The fraction of sp³-hybridized carbons (Fsp3) is 0.588. The van der Waals surface area contributed by atoms with Crippen molar-refractivity contribution in [2.45, 2.75) is 31.3 Å². The molecule has 0 fully saturated rings. The molecule has 1 atom stereocenters. The Bertz CT molecular complexity index is 664. The van der Waals surface area contributed by atoms with E-state index >= 15 is 0 Å². The highest BCUT2D eigenvalue weighted by molar-refractivity contribution is 7.89. The average Bonchev–Trinajstić information content (AvgIpc) is 2.60. The Labute approximate surface area is 156 Å². The predicted molar refractivity (Wildman–Crippen MR) is 103 cm³/mol. The molecule has 148 valence electrons. The molecule has 1 aromatic carbocycles. The largest absolute Gasteiger partial charge is 0.383 e. The van der Waals surface area contributed by atoms with Gasteiger partial charge in [0.25, 0.3) is 0 Å². The van der Waals surface area contributed by atoms with Crippen molar-refractivity contribution < 1.29 is 17.9 Å². The van der Waals surface area contributed by atoms with Gasteiger partial charge in [0.1, 0.15) is 0 Å². The van der Waals surface area contributed by atoms with Crippen molar-refractivity contribution in [2.24, 2.45) is 4.99 Å². The number of sulfonamides is 1. The molecular weight excluding hydrogens is 356 g/mol. The molecule has 1 rings (SSSR count). The van der Waals surface area contributed by atoms with Gasteiger partial charge in [-0.15, -0.1) is 0 Å². The Morgan fingerprint density at radius 2 is 2.04 bits per heavy atom. The van der Waals surface area contributed by atoms with E-state index < -0.39 is 10.0 Å². The van der Waals surface area contributed by atoms with Gasteiger partial charge in [-0.3, -0.25) is 0 Å². The van der Waals surface area contributed by atoms with Crippen LogP contribution in [0.1, 0.15) is 19.4 Å². The van der Waals surface area contributed by atoms with Gasteiger partial charge in [0.2, 0.25) is 10.0 Å². The quantitative estimate of drug-likeness (QED) is 0.294. The minimum absolute atomic E-state index is 0.106. The standard InChI is InChI=1S/C17H30N4O4S/c1-5-18-17(21-14(2)13-25-4)19-12-15-7-6-8-16(11-15)26(22,23)20-9-10-24-3/h6-8,11,14,20H,5,9-10,12-13H2,1-4H3,(H2,18,19,21). The summed E-state index contributed by atoms with van der Waals surface area (Å²) in [4.78, 5) is 4.72. The lowest BCUT2D eigenvalue weighted by molar-refractivity contribution is 0.179. The average molecular weight is 387 g/mol. The van der Waals surface area contributed by atoms with Crippen LogP contribution in [0.3, 0.4) is 0 Å². The molecule has 1 aromatic rings. The van der Waals surface area contributed by atoms with E-state index in [1.165, 1.54) is 7.11 Å². The summed E-state index contributed by atoms with van der Waals surface area (Å²) < 4.78 is 37.0. The van der Waals surface area contributed by atoms with Crippen LogP contribution in [0.2, 0.25) is 0 Å². The zero-order chi connectivity index (χ0) is 19.4. The Balaban J connectivity index is 2.82. The van der Waals surface area contributed by atoms with Gasteiger partial charge < -0.3 is 20.1 Å². The number of methoxy groups -OCH3 is 2. The summed E-state index contributed by atoms with van der Waals surface area (Å²) in [7, 11) is -0.385. The first-order valence-corrected chi connectivity index (χ1v) is 10.0. The predicted octanol–water partition coefficient (Wildman–Crippen LogP) is 0.701. The first-order chi connectivity index (χ1) is 12.4. The Morgan fingerprint density at radius 1 is 1.27 bits per heavy atom. The van der Waals surface area contributed by atoms with E-state index in [4.69, 9.17) is 9.47 Å². The van der Waals surface area contributed by atoms with Gasteiger partial charge in [0, 0.05) is 33.4 Å². The molecule has 9 heteroatoms. The monoisotopic (exact) mass is 386 g/mol. The Hall–Kier alpha value is -1.68. The van der Waals surface area contributed by atoms with E-state index in [2.05, 4.69) is 20.3 Å². The minimum Gasteiger partial charge on any atom is -0.383 e. The number of nitrogens with one attached hydrogen (secondary N) is 3. The molecule has 0 aliphatic carbocycles. The van der Waals surface area contributed by atoms with Crippen LogP contribution in [0.25, 0.3) is 0 Å². The first-order valence-electron chi connectivity index (χ1n) is 8.54. The highest BCUT2D eigenvalue weighted by atomic mass is 32.2. The molecule has 3 N–H and O–H groups in total. The lowest BCUT2D eigenvalue weighted by Gasteiger charge is -2.17. The second kappa shape index (κ2) is 11.8. The van der Waals surface area contributed by atoms with Crippen LogP contribution >= 0.6 is 0 Å². The Morgan fingerprint density at radius 3 is 2.69 bits per heavy atom. The number of nitrogens with zero attached hydrogens (tertiary/aromatic N) is 1. The fourth-order valence-electron chi connectivity index (χ4n) is 2.19. The highest BCUT2D eigenvalue weighted by Crippen LogP contribution is 2.12. The van der Waals surface area contributed by atoms with E-state index in [1.54, 1.807) is 25.3 Å². The molecule has 1 unspecified atom stereocenters. The summed E-state index contributed by atoms with van der Waals surface area (Å²) >= 11 is 0.